The predicted octanol–water partition coefficient (Wildman–Crippen LogP) is 6.50. The molecule has 26 heavy (non-hydrogen) atoms. The van der Waals surface area contributed by atoms with Crippen LogP contribution in [-0.2, 0) is 0 Å². The molecule has 0 aromatic heterocycles. The second-order valence-corrected chi connectivity index (χ2v) is 6.55. The molecule has 0 atom stereocenters. The highest BCUT2D eigenvalue weighted by Gasteiger charge is 2.02. The van der Waals surface area contributed by atoms with Gasteiger partial charge in [-0.3, -0.25) is 0 Å². The topological polar surface area (TPSA) is 59.6 Å². The van der Waals surface area contributed by atoms with E-state index in [2.05, 4.69) is 10.3 Å². The molecule has 0 fully saturated rings. The fourth-order valence-electron chi connectivity index (χ4n) is 2.12. The highest BCUT2D eigenvalue weighted by atomic mass is 35.5. The first kappa shape index (κ1) is 18.4. The molecule has 3 aromatic rings. The number of nitrogens with one attached hydrogen (secondary N) is 1. The van der Waals surface area contributed by atoms with Crippen LogP contribution in [-0.4, -0.2) is 5.96 Å². The van der Waals surface area contributed by atoms with Gasteiger partial charge in [0.25, 0.3) is 0 Å². The molecule has 7 heteroatoms. The Kier molecular flexibility index (Phi) is 5.89. The van der Waals surface area contributed by atoms with E-state index in [0.29, 0.717) is 37.9 Å². The van der Waals surface area contributed by atoms with Gasteiger partial charge < -0.3 is 15.8 Å². The van der Waals surface area contributed by atoms with Crippen molar-refractivity contribution in [2.45, 2.75) is 0 Å². The van der Waals surface area contributed by atoms with E-state index < -0.39 is 0 Å². The number of hydrogen-bond acceptors (Lipinski definition) is 2. The average molecular weight is 407 g/mol. The van der Waals surface area contributed by atoms with Gasteiger partial charge in [-0.2, -0.15) is 0 Å². The van der Waals surface area contributed by atoms with Crippen LogP contribution >= 0.6 is 34.8 Å². The van der Waals surface area contributed by atoms with Gasteiger partial charge in [0, 0.05) is 10.7 Å². The van der Waals surface area contributed by atoms with Crippen molar-refractivity contribution in [3.8, 4) is 11.5 Å². The molecule has 0 spiro atoms. The lowest BCUT2D eigenvalue weighted by molar-refractivity contribution is 0.483. The molecule has 0 aliphatic rings. The summed E-state index contributed by atoms with van der Waals surface area (Å²) in [5.41, 5.74) is 7.30. The van der Waals surface area contributed by atoms with Crippen molar-refractivity contribution in [1.82, 2.24) is 0 Å². The number of halogens is 3. The van der Waals surface area contributed by atoms with Crippen LogP contribution < -0.4 is 15.8 Å². The maximum absolute atomic E-state index is 5.98. The summed E-state index contributed by atoms with van der Waals surface area (Å²) in [6.45, 7) is 0. The molecule has 0 aliphatic heterocycles. The van der Waals surface area contributed by atoms with Gasteiger partial charge in [0.15, 0.2) is 5.96 Å². The van der Waals surface area contributed by atoms with Gasteiger partial charge in [0.2, 0.25) is 0 Å². The van der Waals surface area contributed by atoms with Gasteiger partial charge in [-0.1, -0.05) is 34.8 Å². The van der Waals surface area contributed by atoms with Crippen LogP contribution in [0, 0.1) is 0 Å². The van der Waals surface area contributed by atoms with Crippen LogP contribution in [0.1, 0.15) is 0 Å². The van der Waals surface area contributed by atoms with E-state index in [0.717, 1.165) is 0 Å². The SMILES string of the molecule is NC(=Nc1ccc(Oc2ccc(Cl)cc2)cc1)Nc1ccc(Cl)c(Cl)c1. The first-order valence-corrected chi connectivity index (χ1v) is 8.73. The molecule has 132 valence electrons. The number of hydrogen-bond donors (Lipinski definition) is 2. The van der Waals surface area contributed by atoms with Crippen LogP contribution in [0.5, 0.6) is 11.5 Å². The summed E-state index contributed by atoms with van der Waals surface area (Å²) in [6, 6.07) is 19.5. The van der Waals surface area contributed by atoms with Crippen molar-refractivity contribution < 1.29 is 4.74 Å². The Morgan fingerprint density at radius 2 is 1.42 bits per heavy atom. The zero-order valence-corrected chi connectivity index (χ0v) is 15.7. The molecule has 3 N–H and O–H groups in total. The van der Waals surface area contributed by atoms with E-state index in [1.54, 1.807) is 66.7 Å². The molecule has 0 unspecified atom stereocenters. The number of benzene rings is 3. The predicted molar refractivity (Wildman–Crippen MR) is 109 cm³/mol. The molecule has 4 nitrogen and oxygen atoms in total. The minimum Gasteiger partial charge on any atom is -0.457 e. The first-order valence-electron chi connectivity index (χ1n) is 7.59. The van der Waals surface area contributed by atoms with Crippen molar-refractivity contribution >= 4 is 52.1 Å². The van der Waals surface area contributed by atoms with Gasteiger partial charge in [-0.25, -0.2) is 4.99 Å². The van der Waals surface area contributed by atoms with Crippen LogP contribution in [0.25, 0.3) is 0 Å². The molecular weight excluding hydrogens is 393 g/mol. The zero-order valence-electron chi connectivity index (χ0n) is 13.4. The van der Waals surface area contributed by atoms with Crippen molar-refractivity contribution in [3.05, 3.63) is 81.8 Å². The van der Waals surface area contributed by atoms with Crippen LogP contribution in [0.2, 0.25) is 15.1 Å². The molecule has 0 radical (unpaired) electrons. The van der Waals surface area contributed by atoms with Gasteiger partial charge in [0.05, 0.1) is 15.7 Å². The van der Waals surface area contributed by atoms with E-state index >= 15 is 0 Å². The highest BCUT2D eigenvalue weighted by molar-refractivity contribution is 6.42. The van der Waals surface area contributed by atoms with Gasteiger partial charge >= 0.3 is 0 Å². The van der Waals surface area contributed by atoms with Crippen LogP contribution in [0.4, 0.5) is 11.4 Å². The minimum absolute atomic E-state index is 0.231. The largest absolute Gasteiger partial charge is 0.457 e. The molecule has 0 aliphatic carbocycles. The number of rotatable bonds is 4. The Bertz CT molecular complexity index is 926. The quantitative estimate of drug-likeness (QED) is 0.384. The van der Waals surface area contributed by atoms with Crippen molar-refractivity contribution in [2.24, 2.45) is 10.7 Å². The summed E-state index contributed by atoms with van der Waals surface area (Å²) in [5, 5.41) is 4.53. The molecule has 0 saturated heterocycles. The third kappa shape index (κ3) is 5.05. The summed E-state index contributed by atoms with van der Waals surface area (Å²) in [6.07, 6.45) is 0. The molecule has 0 heterocycles. The van der Waals surface area contributed by atoms with Gasteiger partial charge in [0.1, 0.15) is 11.5 Å². The summed E-state index contributed by atoms with van der Waals surface area (Å²) in [7, 11) is 0. The molecule has 0 amide bonds. The molecule has 0 saturated carbocycles. The van der Waals surface area contributed by atoms with Crippen molar-refractivity contribution in [1.29, 1.82) is 0 Å². The Labute approximate surface area is 166 Å². The third-order valence-corrected chi connectivity index (χ3v) is 4.32. The average Bonchev–Trinajstić information content (AvgIpc) is 2.62. The Morgan fingerprint density at radius 3 is 2.04 bits per heavy atom. The fraction of sp³-hybridized carbons (Fsp3) is 0. The standard InChI is InChI=1S/C19H14Cl3N3O/c20-12-1-6-15(7-2-12)26-16-8-3-13(4-9-16)24-19(23)25-14-5-10-17(21)18(22)11-14/h1-11H,(H3,23,24,25). The monoisotopic (exact) mass is 405 g/mol. The fourth-order valence-corrected chi connectivity index (χ4v) is 2.54. The smallest absolute Gasteiger partial charge is 0.198 e. The van der Waals surface area contributed by atoms with E-state index in [1.165, 1.54) is 0 Å². The van der Waals surface area contributed by atoms with Crippen molar-refractivity contribution in [3.63, 3.8) is 0 Å². The number of nitrogens with zero attached hydrogens (tertiary/aromatic N) is 1. The Balaban J connectivity index is 1.66. The number of nitrogens with two attached hydrogens (primary N) is 1. The number of guanidine groups is 1. The normalized spacial score (nSPS) is 11.3. The summed E-state index contributed by atoms with van der Waals surface area (Å²) >= 11 is 17.7. The van der Waals surface area contributed by atoms with Crippen LogP contribution in [0.15, 0.2) is 71.7 Å². The molecular formula is C19H14Cl3N3O. The lowest BCUT2D eigenvalue weighted by Crippen LogP contribution is -2.21. The van der Waals surface area contributed by atoms with E-state index in [-0.39, 0.29) is 5.96 Å². The summed E-state index contributed by atoms with van der Waals surface area (Å²) in [4.78, 5) is 4.30. The lowest BCUT2D eigenvalue weighted by atomic mass is 10.3. The minimum atomic E-state index is 0.231. The summed E-state index contributed by atoms with van der Waals surface area (Å²) in [5.74, 6) is 1.61. The molecule has 3 rings (SSSR count). The number of anilines is 1. The van der Waals surface area contributed by atoms with E-state index in [1.807, 2.05) is 0 Å². The van der Waals surface area contributed by atoms with Crippen molar-refractivity contribution in [2.75, 3.05) is 5.32 Å². The number of aliphatic imine (C=N–C) groups is 1. The van der Waals surface area contributed by atoms with Crippen LogP contribution in [0.3, 0.4) is 0 Å². The maximum atomic E-state index is 5.98. The van der Waals surface area contributed by atoms with Gasteiger partial charge in [-0.05, 0) is 66.7 Å². The second kappa shape index (κ2) is 8.32. The first-order chi connectivity index (χ1) is 12.5. The molecule has 0 bridgehead atoms. The number of ether oxygens (including phenoxy) is 1. The summed E-state index contributed by atoms with van der Waals surface area (Å²) < 4.78 is 5.73. The Hall–Kier alpha value is -2.40. The zero-order chi connectivity index (χ0) is 18.5. The van der Waals surface area contributed by atoms with Gasteiger partial charge in [-0.15, -0.1) is 0 Å². The van der Waals surface area contributed by atoms with E-state index in [9.17, 15) is 0 Å². The van der Waals surface area contributed by atoms with E-state index in [4.69, 9.17) is 45.3 Å². The molecule has 3 aromatic carbocycles. The lowest BCUT2D eigenvalue weighted by Gasteiger charge is -2.08. The Morgan fingerprint density at radius 1 is 0.808 bits per heavy atom. The third-order valence-electron chi connectivity index (χ3n) is 3.33. The second-order valence-electron chi connectivity index (χ2n) is 5.30. The maximum Gasteiger partial charge on any atom is 0.198 e. The highest BCUT2D eigenvalue weighted by Crippen LogP contribution is 2.26.